The zero-order valence-corrected chi connectivity index (χ0v) is 12.3. The average Bonchev–Trinajstić information content (AvgIpc) is 2.96. The predicted octanol–water partition coefficient (Wildman–Crippen LogP) is 2.32. The summed E-state index contributed by atoms with van der Waals surface area (Å²) in [6, 6.07) is 6.67. The quantitative estimate of drug-likeness (QED) is 0.911. The predicted molar refractivity (Wildman–Crippen MR) is 80.4 cm³/mol. The van der Waals surface area contributed by atoms with Crippen molar-refractivity contribution in [1.29, 1.82) is 0 Å². The molecule has 1 unspecified atom stereocenters. The zero-order valence-electron chi connectivity index (χ0n) is 11.4. The maximum Gasteiger partial charge on any atom is 0.220 e. The van der Waals surface area contributed by atoms with Gasteiger partial charge in [0.25, 0.3) is 0 Å². The second-order valence-corrected chi connectivity index (χ2v) is 5.93. The lowest BCUT2D eigenvalue weighted by Crippen LogP contribution is -2.45. The van der Waals surface area contributed by atoms with Crippen LogP contribution in [-0.2, 0) is 11.3 Å². The molecule has 1 aliphatic rings. The van der Waals surface area contributed by atoms with Gasteiger partial charge in [-0.25, -0.2) is 9.37 Å². The minimum absolute atomic E-state index is 0.125. The van der Waals surface area contributed by atoms with Gasteiger partial charge in [0.05, 0.1) is 5.69 Å². The van der Waals surface area contributed by atoms with Gasteiger partial charge in [0.2, 0.25) is 5.91 Å². The highest BCUT2D eigenvalue weighted by Gasteiger charge is 2.17. The zero-order chi connectivity index (χ0) is 14.7. The molecule has 0 bridgehead atoms. The number of hydrogen-bond donors (Lipinski definition) is 2. The SMILES string of the molecule is O=C1CCC(NCc2csc(-c3ccc(F)cc3)n2)CN1. The van der Waals surface area contributed by atoms with Crippen LogP contribution in [0.2, 0.25) is 0 Å². The smallest absolute Gasteiger partial charge is 0.220 e. The van der Waals surface area contributed by atoms with Crippen molar-refractivity contribution in [2.24, 2.45) is 0 Å². The van der Waals surface area contributed by atoms with Crippen LogP contribution in [0.4, 0.5) is 4.39 Å². The minimum Gasteiger partial charge on any atom is -0.355 e. The first-order valence-corrected chi connectivity index (χ1v) is 7.79. The van der Waals surface area contributed by atoms with Crippen molar-refractivity contribution in [3.05, 3.63) is 41.2 Å². The normalized spacial score (nSPS) is 18.5. The van der Waals surface area contributed by atoms with Crippen LogP contribution in [0.1, 0.15) is 18.5 Å². The Hall–Kier alpha value is -1.79. The summed E-state index contributed by atoms with van der Waals surface area (Å²) < 4.78 is 12.9. The molecule has 3 rings (SSSR count). The third kappa shape index (κ3) is 3.65. The fourth-order valence-electron chi connectivity index (χ4n) is 2.27. The third-order valence-corrected chi connectivity index (χ3v) is 4.42. The monoisotopic (exact) mass is 305 g/mol. The van der Waals surface area contributed by atoms with Gasteiger partial charge in [0.1, 0.15) is 10.8 Å². The summed E-state index contributed by atoms with van der Waals surface area (Å²) in [6.07, 6.45) is 1.44. The van der Waals surface area contributed by atoms with E-state index in [4.69, 9.17) is 0 Å². The number of halogens is 1. The molecule has 2 heterocycles. The Morgan fingerprint density at radius 1 is 1.38 bits per heavy atom. The number of piperidine rings is 1. The molecule has 1 fully saturated rings. The van der Waals surface area contributed by atoms with Crippen molar-refractivity contribution in [3.8, 4) is 10.6 Å². The van der Waals surface area contributed by atoms with E-state index >= 15 is 0 Å². The lowest BCUT2D eigenvalue weighted by atomic mass is 10.1. The molecule has 0 spiro atoms. The van der Waals surface area contributed by atoms with Crippen LogP contribution in [0.15, 0.2) is 29.6 Å². The summed E-state index contributed by atoms with van der Waals surface area (Å²) in [7, 11) is 0. The summed E-state index contributed by atoms with van der Waals surface area (Å²) >= 11 is 1.55. The van der Waals surface area contributed by atoms with E-state index in [1.807, 2.05) is 5.38 Å². The van der Waals surface area contributed by atoms with Crippen LogP contribution in [0.3, 0.4) is 0 Å². The molecule has 0 radical (unpaired) electrons. The van der Waals surface area contributed by atoms with Crippen LogP contribution in [0.5, 0.6) is 0 Å². The number of aromatic nitrogens is 1. The van der Waals surface area contributed by atoms with Gasteiger partial charge in [-0.3, -0.25) is 4.79 Å². The van der Waals surface area contributed by atoms with Gasteiger partial charge in [-0.1, -0.05) is 0 Å². The highest BCUT2D eigenvalue weighted by molar-refractivity contribution is 7.13. The number of nitrogens with zero attached hydrogens (tertiary/aromatic N) is 1. The van der Waals surface area contributed by atoms with E-state index in [0.717, 1.165) is 22.7 Å². The number of amides is 1. The van der Waals surface area contributed by atoms with E-state index in [0.29, 0.717) is 25.6 Å². The summed E-state index contributed by atoms with van der Waals surface area (Å²) in [5.41, 5.74) is 1.90. The molecule has 1 aromatic heterocycles. The maximum absolute atomic E-state index is 12.9. The number of hydrogen-bond acceptors (Lipinski definition) is 4. The topological polar surface area (TPSA) is 54.0 Å². The number of rotatable bonds is 4. The summed E-state index contributed by atoms with van der Waals surface area (Å²) in [5, 5.41) is 9.15. The van der Waals surface area contributed by atoms with Crippen LogP contribution in [0, 0.1) is 5.82 Å². The van der Waals surface area contributed by atoms with E-state index in [9.17, 15) is 9.18 Å². The first kappa shape index (κ1) is 14.2. The maximum atomic E-state index is 12.9. The highest BCUT2D eigenvalue weighted by Crippen LogP contribution is 2.23. The van der Waals surface area contributed by atoms with Crippen molar-refractivity contribution in [2.75, 3.05) is 6.54 Å². The number of benzene rings is 1. The standard InChI is InChI=1S/C15H16FN3OS/c16-11-3-1-10(2-4-11)15-19-13(9-21-15)8-17-12-5-6-14(20)18-7-12/h1-4,9,12,17H,5-8H2,(H,18,20). The molecule has 2 N–H and O–H groups in total. The van der Waals surface area contributed by atoms with Crippen LogP contribution >= 0.6 is 11.3 Å². The molecule has 4 nitrogen and oxygen atoms in total. The molecule has 21 heavy (non-hydrogen) atoms. The van der Waals surface area contributed by atoms with Gasteiger partial charge in [-0.05, 0) is 30.7 Å². The van der Waals surface area contributed by atoms with Gasteiger partial charge in [-0.15, -0.1) is 11.3 Å². The fraction of sp³-hybridized carbons (Fsp3) is 0.333. The molecule has 1 aromatic carbocycles. The Kier molecular flexibility index (Phi) is 4.26. The lowest BCUT2D eigenvalue weighted by Gasteiger charge is -2.23. The Morgan fingerprint density at radius 2 is 2.19 bits per heavy atom. The summed E-state index contributed by atoms with van der Waals surface area (Å²) in [4.78, 5) is 15.6. The van der Waals surface area contributed by atoms with Gasteiger partial charge in [-0.2, -0.15) is 0 Å². The van der Waals surface area contributed by atoms with Gasteiger partial charge >= 0.3 is 0 Å². The molecule has 0 aliphatic carbocycles. The average molecular weight is 305 g/mol. The van der Waals surface area contributed by atoms with E-state index in [2.05, 4.69) is 15.6 Å². The van der Waals surface area contributed by atoms with Gasteiger partial charge in [0, 0.05) is 36.5 Å². The second-order valence-electron chi connectivity index (χ2n) is 5.07. The van der Waals surface area contributed by atoms with Crippen molar-refractivity contribution >= 4 is 17.2 Å². The van der Waals surface area contributed by atoms with Gasteiger partial charge < -0.3 is 10.6 Å². The molecule has 0 saturated carbocycles. The molecular formula is C15H16FN3OS. The van der Waals surface area contributed by atoms with Crippen molar-refractivity contribution in [1.82, 2.24) is 15.6 Å². The first-order chi connectivity index (χ1) is 10.2. The van der Waals surface area contributed by atoms with E-state index in [1.165, 1.54) is 12.1 Å². The van der Waals surface area contributed by atoms with Crippen molar-refractivity contribution in [2.45, 2.75) is 25.4 Å². The Balaban J connectivity index is 1.58. The summed E-state index contributed by atoms with van der Waals surface area (Å²) in [5.74, 6) is -0.114. The summed E-state index contributed by atoms with van der Waals surface area (Å²) in [6.45, 7) is 1.35. The van der Waals surface area contributed by atoms with Crippen molar-refractivity contribution < 1.29 is 9.18 Å². The van der Waals surface area contributed by atoms with E-state index in [1.54, 1.807) is 23.5 Å². The second kappa shape index (κ2) is 6.32. The number of carbonyl (C=O) groups excluding carboxylic acids is 1. The molecule has 1 saturated heterocycles. The molecule has 1 atom stereocenters. The molecule has 1 amide bonds. The highest BCUT2D eigenvalue weighted by atomic mass is 32.1. The lowest BCUT2D eigenvalue weighted by molar-refractivity contribution is -0.122. The Labute approximate surface area is 126 Å². The number of carbonyl (C=O) groups is 1. The van der Waals surface area contributed by atoms with Crippen LogP contribution in [-0.4, -0.2) is 23.5 Å². The van der Waals surface area contributed by atoms with Crippen LogP contribution in [0.25, 0.3) is 10.6 Å². The fourth-order valence-corrected chi connectivity index (χ4v) is 3.10. The van der Waals surface area contributed by atoms with Gasteiger partial charge in [0.15, 0.2) is 0 Å². The van der Waals surface area contributed by atoms with Crippen LogP contribution < -0.4 is 10.6 Å². The van der Waals surface area contributed by atoms with E-state index in [-0.39, 0.29) is 11.7 Å². The molecule has 1 aliphatic heterocycles. The van der Waals surface area contributed by atoms with E-state index < -0.39 is 0 Å². The Morgan fingerprint density at radius 3 is 2.90 bits per heavy atom. The molecule has 110 valence electrons. The Bertz CT molecular complexity index is 616. The largest absolute Gasteiger partial charge is 0.355 e. The number of nitrogens with one attached hydrogen (secondary N) is 2. The van der Waals surface area contributed by atoms with Crippen molar-refractivity contribution in [3.63, 3.8) is 0 Å². The molecule has 2 aromatic rings. The third-order valence-electron chi connectivity index (χ3n) is 3.48. The first-order valence-electron chi connectivity index (χ1n) is 6.91. The number of thiazole rings is 1. The molecular weight excluding hydrogens is 289 g/mol. The molecule has 6 heteroatoms. The minimum atomic E-state index is -0.239.